The Kier molecular flexibility index (Phi) is 4.22. The Morgan fingerprint density at radius 3 is 2.49 bits per heavy atom. The first-order chi connectivity index (χ1) is 18.3. The van der Waals surface area contributed by atoms with E-state index in [1.807, 2.05) is 24.4 Å². The minimum Gasteiger partial charge on any atom is -0.458 e. The molecule has 5 heteroatoms. The first-order valence-corrected chi connectivity index (χ1v) is 12.3. The van der Waals surface area contributed by atoms with Gasteiger partial charge in [0.05, 0.1) is 6.54 Å². The molecule has 0 radical (unpaired) electrons. The van der Waals surface area contributed by atoms with Crippen molar-refractivity contribution >= 4 is 66.9 Å². The molecule has 176 valence electrons. The van der Waals surface area contributed by atoms with E-state index in [0.717, 1.165) is 61.4 Å². The predicted octanol–water partition coefficient (Wildman–Crippen LogP) is 8.42. The van der Waals surface area contributed by atoms with E-state index < -0.39 is 0 Å². The first kappa shape index (κ1) is 20.2. The summed E-state index contributed by atoms with van der Waals surface area (Å²) in [6, 6.07) is 31.6. The zero-order valence-electron chi connectivity index (χ0n) is 19.8. The van der Waals surface area contributed by atoms with Crippen molar-refractivity contribution in [1.29, 1.82) is 0 Å². The Morgan fingerprint density at radius 1 is 0.676 bits per heavy atom. The topological polar surface area (TPSA) is 54.4 Å². The van der Waals surface area contributed by atoms with Crippen LogP contribution in [0.3, 0.4) is 0 Å². The van der Waals surface area contributed by atoms with Crippen molar-refractivity contribution in [2.45, 2.75) is 6.54 Å². The molecule has 4 aromatic carbocycles. The molecule has 1 aliphatic heterocycles. The molecule has 4 heterocycles. The molecule has 0 bridgehead atoms. The average molecular weight is 480 g/mol. The summed E-state index contributed by atoms with van der Waals surface area (Å²) in [5.41, 5.74) is 7.61. The summed E-state index contributed by atoms with van der Waals surface area (Å²) in [5, 5.41) is 7.74. The lowest BCUT2D eigenvalue weighted by molar-refractivity contribution is 0.532. The Labute approximate surface area is 212 Å². The number of fused-ring (bicyclic) bond motifs is 7. The molecular formula is C32H21N3O2. The number of hydrogen-bond acceptors (Lipinski definition) is 5. The molecule has 5 nitrogen and oxygen atoms in total. The van der Waals surface area contributed by atoms with Gasteiger partial charge in [0.2, 0.25) is 0 Å². The monoisotopic (exact) mass is 479 g/mol. The SMILES string of the molecule is C1=Cc2c(oc3cc(N(c4ccc5ccccc5c4)c4ccc5oc6cccnc6c5c4)ccc23)CN1. The lowest BCUT2D eigenvalue weighted by Crippen LogP contribution is -2.09. The van der Waals surface area contributed by atoms with Gasteiger partial charge in [-0.25, -0.2) is 0 Å². The lowest BCUT2D eigenvalue weighted by Gasteiger charge is -2.26. The van der Waals surface area contributed by atoms with Gasteiger partial charge in [-0.2, -0.15) is 0 Å². The molecule has 0 atom stereocenters. The number of anilines is 3. The maximum absolute atomic E-state index is 6.27. The maximum Gasteiger partial charge on any atom is 0.153 e. The van der Waals surface area contributed by atoms with Gasteiger partial charge in [0, 0.05) is 45.7 Å². The number of furan rings is 2. The molecule has 37 heavy (non-hydrogen) atoms. The van der Waals surface area contributed by atoms with Crippen molar-refractivity contribution in [2.24, 2.45) is 0 Å². The molecule has 1 N–H and O–H groups in total. The Bertz CT molecular complexity index is 2010. The smallest absolute Gasteiger partial charge is 0.153 e. The molecule has 0 saturated heterocycles. The van der Waals surface area contributed by atoms with Gasteiger partial charge in [-0.15, -0.1) is 0 Å². The third kappa shape index (κ3) is 3.14. The average Bonchev–Trinajstić information content (AvgIpc) is 3.51. The minimum atomic E-state index is 0.696. The van der Waals surface area contributed by atoms with Crippen LogP contribution >= 0.6 is 0 Å². The van der Waals surface area contributed by atoms with Crippen LogP contribution in [0.25, 0.3) is 49.9 Å². The second-order valence-electron chi connectivity index (χ2n) is 9.33. The summed E-state index contributed by atoms with van der Waals surface area (Å²) in [7, 11) is 0. The number of aromatic nitrogens is 1. The van der Waals surface area contributed by atoms with Crippen molar-refractivity contribution in [3.05, 3.63) is 115 Å². The van der Waals surface area contributed by atoms with Gasteiger partial charge >= 0.3 is 0 Å². The van der Waals surface area contributed by atoms with E-state index in [9.17, 15) is 0 Å². The molecule has 0 fully saturated rings. The molecular weight excluding hydrogens is 458 g/mol. The summed E-state index contributed by atoms with van der Waals surface area (Å²) in [4.78, 5) is 6.86. The maximum atomic E-state index is 6.27. The molecule has 8 rings (SSSR count). The Morgan fingerprint density at radius 2 is 1.51 bits per heavy atom. The normalized spacial score (nSPS) is 12.9. The zero-order valence-corrected chi connectivity index (χ0v) is 19.8. The number of pyridine rings is 1. The Hall–Kier alpha value is -5.03. The fraction of sp³-hybridized carbons (Fsp3) is 0.0312. The van der Waals surface area contributed by atoms with Crippen LogP contribution in [0, 0.1) is 0 Å². The van der Waals surface area contributed by atoms with Gasteiger partial charge < -0.3 is 19.1 Å². The number of hydrogen-bond donors (Lipinski definition) is 1. The molecule has 0 spiro atoms. The van der Waals surface area contributed by atoms with E-state index >= 15 is 0 Å². The van der Waals surface area contributed by atoms with E-state index in [0.29, 0.717) is 6.54 Å². The van der Waals surface area contributed by atoms with Crippen LogP contribution in [-0.2, 0) is 6.54 Å². The zero-order chi connectivity index (χ0) is 24.3. The second kappa shape index (κ2) is 7.73. The lowest BCUT2D eigenvalue weighted by atomic mass is 10.1. The number of benzene rings is 4. The van der Waals surface area contributed by atoms with Crippen LogP contribution in [0.15, 0.2) is 112 Å². The van der Waals surface area contributed by atoms with Crippen molar-refractivity contribution in [1.82, 2.24) is 10.3 Å². The third-order valence-corrected chi connectivity index (χ3v) is 7.14. The van der Waals surface area contributed by atoms with Gasteiger partial charge in [0.25, 0.3) is 0 Å². The number of rotatable bonds is 3. The molecule has 3 aromatic heterocycles. The van der Waals surface area contributed by atoms with E-state index in [2.05, 4.69) is 94.1 Å². The summed E-state index contributed by atoms with van der Waals surface area (Å²) in [6.07, 6.45) is 5.86. The highest BCUT2D eigenvalue weighted by molar-refractivity contribution is 6.04. The van der Waals surface area contributed by atoms with Gasteiger partial charge in [0.1, 0.15) is 22.4 Å². The van der Waals surface area contributed by atoms with Crippen molar-refractivity contribution in [3.63, 3.8) is 0 Å². The highest BCUT2D eigenvalue weighted by atomic mass is 16.3. The fourth-order valence-corrected chi connectivity index (χ4v) is 5.39. The van der Waals surface area contributed by atoms with Crippen molar-refractivity contribution < 1.29 is 8.83 Å². The Balaban J connectivity index is 1.36. The third-order valence-electron chi connectivity index (χ3n) is 7.14. The summed E-state index contributed by atoms with van der Waals surface area (Å²) >= 11 is 0. The van der Waals surface area contributed by atoms with Crippen LogP contribution < -0.4 is 10.2 Å². The van der Waals surface area contributed by atoms with E-state index in [1.54, 1.807) is 6.20 Å². The van der Waals surface area contributed by atoms with Crippen LogP contribution in [0.5, 0.6) is 0 Å². The highest BCUT2D eigenvalue weighted by Crippen LogP contribution is 2.41. The van der Waals surface area contributed by atoms with Gasteiger partial charge in [0.15, 0.2) is 5.58 Å². The standard InChI is InChI=1S/C32H21N3O2/c1-2-5-21-16-22(8-7-20(21)4-1)35(23-10-12-28-27(17-23)32-29(36-28)6-3-14-34-32)24-9-11-25-26-13-15-33-19-31(26)37-30(25)18-24/h1-18,33H,19H2. The fourth-order valence-electron chi connectivity index (χ4n) is 5.39. The highest BCUT2D eigenvalue weighted by Gasteiger charge is 2.19. The van der Waals surface area contributed by atoms with Crippen molar-refractivity contribution in [2.75, 3.05) is 4.90 Å². The number of nitrogens with one attached hydrogen (secondary N) is 1. The van der Waals surface area contributed by atoms with Crippen LogP contribution in [0.2, 0.25) is 0 Å². The molecule has 0 aliphatic carbocycles. The van der Waals surface area contributed by atoms with E-state index in [1.165, 1.54) is 10.8 Å². The van der Waals surface area contributed by atoms with Crippen LogP contribution in [0.4, 0.5) is 17.1 Å². The van der Waals surface area contributed by atoms with Gasteiger partial charge in [-0.05, 0) is 77.6 Å². The molecule has 0 saturated carbocycles. The summed E-state index contributed by atoms with van der Waals surface area (Å²) in [6.45, 7) is 0.696. The molecule has 0 amide bonds. The molecule has 1 aliphatic rings. The van der Waals surface area contributed by atoms with E-state index in [-0.39, 0.29) is 0 Å². The van der Waals surface area contributed by atoms with Crippen LogP contribution in [0.1, 0.15) is 11.3 Å². The molecule has 0 unspecified atom stereocenters. The second-order valence-corrected chi connectivity index (χ2v) is 9.33. The van der Waals surface area contributed by atoms with Crippen LogP contribution in [-0.4, -0.2) is 4.98 Å². The first-order valence-electron chi connectivity index (χ1n) is 12.3. The van der Waals surface area contributed by atoms with Gasteiger partial charge in [-0.3, -0.25) is 4.98 Å². The van der Waals surface area contributed by atoms with E-state index in [4.69, 9.17) is 8.83 Å². The summed E-state index contributed by atoms with van der Waals surface area (Å²) < 4.78 is 12.3. The largest absolute Gasteiger partial charge is 0.458 e. The summed E-state index contributed by atoms with van der Waals surface area (Å²) in [5.74, 6) is 0.962. The molecule has 7 aromatic rings. The quantitative estimate of drug-likeness (QED) is 0.276. The van der Waals surface area contributed by atoms with Crippen molar-refractivity contribution in [3.8, 4) is 0 Å². The minimum absolute atomic E-state index is 0.696. The predicted molar refractivity (Wildman–Crippen MR) is 149 cm³/mol. The number of nitrogens with zero attached hydrogens (tertiary/aromatic N) is 2. The van der Waals surface area contributed by atoms with Gasteiger partial charge in [-0.1, -0.05) is 30.3 Å².